The van der Waals surface area contributed by atoms with Crippen LogP contribution in [-0.4, -0.2) is 36.5 Å². The van der Waals surface area contributed by atoms with Crippen molar-refractivity contribution in [1.29, 1.82) is 0 Å². The standard InChI is InChI=1S/C19H28N2O2/c1-23-18-10-3-2-6-15(18)12-16-8-5-11-21(16)19(22)13-14-7-4-9-17(14)20/h2-3,6,10,14,16-17H,4-5,7-9,11-13,20H2,1H3/t14-,16?,17+/m0/s1. The summed E-state index contributed by atoms with van der Waals surface area (Å²) in [7, 11) is 1.71. The number of likely N-dealkylation sites (tertiary alicyclic amines) is 1. The average molecular weight is 316 g/mol. The van der Waals surface area contributed by atoms with Gasteiger partial charge in [0.25, 0.3) is 0 Å². The summed E-state index contributed by atoms with van der Waals surface area (Å²) in [5.74, 6) is 1.60. The van der Waals surface area contributed by atoms with Gasteiger partial charge in [0, 0.05) is 25.0 Å². The van der Waals surface area contributed by atoms with Gasteiger partial charge in [-0.3, -0.25) is 4.79 Å². The maximum Gasteiger partial charge on any atom is 0.223 e. The molecule has 1 saturated carbocycles. The molecule has 23 heavy (non-hydrogen) atoms. The van der Waals surface area contributed by atoms with Crippen LogP contribution in [0.1, 0.15) is 44.1 Å². The SMILES string of the molecule is COc1ccccc1CC1CCCN1C(=O)C[C@@H]1CCC[C@H]1N. The lowest BCUT2D eigenvalue weighted by atomic mass is 9.98. The lowest BCUT2D eigenvalue weighted by Crippen LogP contribution is -2.39. The van der Waals surface area contributed by atoms with Crippen LogP contribution in [0.5, 0.6) is 5.75 Å². The molecule has 1 aromatic carbocycles. The predicted octanol–water partition coefficient (Wildman–Crippen LogP) is 2.75. The molecule has 4 heteroatoms. The van der Waals surface area contributed by atoms with Crippen molar-refractivity contribution < 1.29 is 9.53 Å². The number of hydrogen-bond acceptors (Lipinski definition) is 3. The van der Waals surface area contributed by atoms with E-state index in [1.54, 1.807) is 7.11 Å². The summed E-state index contributed by atoms with van der Waals surface area (Å²) in [6, 6.07) is 8.64. The Morgan fingerprint density at radius 1 is 1.26 bits per heavy atom. The number of carbonyl (C=O) groups is 1. The summed E-state index contributed by atoms with van der Waals surface area (Å²) in [6.45, 7) is 0.889. The molecule has 1 amide bonds. The van der Waals surface area contributed by atoms with Gasteiger partial charge in [-0.2, -0.15) is 0 Å². The van der Waals surface area contributed by atoms with E-state index in [-0.39, 0.29) is 6.04 Å². The summed E-state index contributed by atoms with van der Waals surface area (Å²) in [4.78, 5) is 14.8. The minimum atomic E-state index is 0.217. The maximum atomic E-state index is 12.7. The van der Waals surface area contributed by atoms with Crippen molar-refractivity contribution in [2.45, 2.75) is 57.0 Å². The quantitative estimate of drug-likeness (QED) is 0.909. The molecule has 1 unspecified atom stereocenters. The summed E-state index contributed by atoms with van der Waals surface area (Å²) in [5, 5.41) is 0. The van der Waals surface area contributed by atoms with Gasteiger partial charge in [0.2, 0.25) is 5.91 Å². The number of para-hydroxylation sites is 1. The van der Waals surface area contributed by atoms with Crippen molar-refractivity contribution in [3.05, 3.63) is 29.8 Å². The van der Waals surface area contributed by atoms with Crippen LogP contribution < -0.4 is 10.5 Å². The highest BCUT2D eigenvalue weighted by atomic mass is 16.5. The summed E-state index contributed by atoms with van der Waals surface area (Å²) in [6.07, 6.45) is 7.04. The Bertz CT molecular complexity index is 546. The Hall–Kier alpha value is -1.55. The van der Waals surface area contributed by atoms with Gasteiger partial charge < -0.3 is 15.4 Å². The third kappa shape index (κ3) is 3.69. The normalized spacial score (nSPS) is 27.4. The van der Waals surface area contributed by atoms with Crippen molar-refractivity contribution in [1.82, 2.24) is 4.90 Å². The molecule has 2 aliphatic rings. The van der Waals surface area contributed by atoms with Crippen molar-refractivity contribution in [3.8, 4) is 5.75 Å². The zero-order chi connectivity index (χ0) is 16.2. The monoisotopic (exact) mass is 316 g/mol. The molecule has 1 aromatic rings. The second kappa shape index (κ2) is 7.35. The Morgan fingerprint density at radius 3 is 2.83 bits per heavy atom. The van der Waals surface area contributed by atoms with Gasteiger partial charge in [-0.1, -0.05) is 24.6 Å². The highest BCUT2D eigenvalue weighted by Gasteiger charge is 2.33. The second-order valence-corrected chi connectivity index (χ2v) is 6.96. The first-order valence-corrected chi connectivity index (χ1v) is 8.86. The van der Waals surface area contributed by atoms with E-state index in [0.29, 0.717) is 24.3 Å². The number of carbonyl (C=O) groups excluding carboxylic acids is 1. The van der Waals surface area contributed by atoms with Gasteiger partial charge in [-0.05, 0) is 49.7 Å². The van der Waals surface area contributed by atoms with Gasteiger partial charge in [0.1, 0.15) is 5.75 Å². The van der Waals surface area contributed by atoms with Gasteiger partial charge in [-0.15, -0.1) is 0 Å². The van der Waals surface area contributed by atoms with Crippen LogP contribution >= 0.6 is 0 Å². The van der Waals surface area contributed by atoms with E-state index in [4.69, 9.17) is 10.5 Å². The third-order valence-corrected chi connectivity index (χ3v) is 5.50. The van der Waals surface area contributed by atoms with Gasteiger partial charge in [0.15, 0.2) is 0 Å². The Morgan fingerprint density at radius 2 is 2.09 bits per heavy atom. The third-order valence-electron chi connectivity index (χ3n) is 5.50. The van der Waals surface area contributed by atoms with E-state index in [1.807, 2.05) is 18.2 Å². The van der Waals surface area contributed by atoms with E-state index in [9.17, 15) is 4.79 Å². The van der Waals surface area contributed by atoms with E-state index < -0.39 is 0 Å². The number of benzene rings is 1. The molecule has 0 radical (unpaired) electrons. The smallest absolute Gasteiger partial charge is 0.223 e. The first-order valence-electron chi connectivity index (χ1n) is 8.86. The van der Waals surface area contributed by atoms with Crippen LogP contribution in [0.3, 0.4) is 0 Å². The predicted molar refractivity (Wildman–Crippen MR) is 91.4 cm³/mol. The molecule has 2 N–H and O–H groups in total. The van der Waals surface area contributed by atoms with Crippen LogP contribution in [0.4, 0.5) is 0 Å². The molecular weight excluding hydrogens is 288 g/mol. The van der Waals surface area contributed by atoms with Crippen LogP contribution in [0, 0.1) is 5.92 Å². The Balaban J connectivity index is 1.64. The van der Waals surface area contributed by atoms with Crippen molar-refractivity contribution in [2.75, 3.05) is 13.7 Å². The zero-order valence-electron chi connectivity index (χ0n) is 14.0. The fourth-order valence-corrected chi connectivity index (χ4v) is 4.16. The van der Waals surface area contributed by atoms with Gasteiger partial charge >= 0.3 is 0 Å². The molecule has 0 aromatic heterocycles. The molecule has 3 atom stereocenters. The fourth-order valence-electron chi connectivity index (χ4n) is 4.16. The second-order valence-electron chi connectivity index (χ2n) is 6.96. The van der Waals surface area contributed by atoms with Crippen LogP contribution in [0.25, 0.3) is 0 Å². The Labute approximate surface area is 139 Å². The maximum absolute atomic E-state index is 12.7. The fraction of sp³-hybridized carbons (Fsp3) is 0.632. The molecule has 126 valence electrons. The number of rotatable bonds is 5. The lowest BCUT2D eigenvalue weighted by Gasteiger charge is -2.27. The Kier molecular flexibility index (Phi) is 5.21. The van der Waals surface area contributed by atoms with Crippen molar-refractivity contribution in [2.24, 2.45) is 11.7 Å². The van der Waals surface area contributed by atoms with Crippen molar-refractivity contribution >= 4 is 5.91 Å². The van der Waals surface area contributed by atoms with Gasteiger partial charge in [0.05, 0.1) is 7.11 Å². The highest BCUT2D eigenvalue weighted by Crippen LogP contribution is 2.30. The molecule has 1 heterocycles. The number of nitrogens with two attached hydrogens (primary N) is 1. The minimum Gasteiger partial charge on any atom is -0.496 e. The van der Waals surface area contributed by atoms with Crippen LogP contribution in [0.2, 0.25) is 0 Å². The topological polar surface area (TPSA) is 55.6 Å². The number of methoxy groups -OCH3 is 1. The van der Waals surface area contributed by atoms with E-state index in [1.165, 1.54) is 12.0 Å². The van der Waals surface area contributed by atoms with Crippen LogP contribution in [0.15, 0.2) is 24.3 Å². The molecule has 2 fully saturated rings. The molecule has 0 bridgehead atoms. The number of amides is 1. The van der Waals surface area contributed by atoms with E-state index in [0.717, 1.165) is 44.4 Å². The summed E-state index contributed by atoms with van der Waals surface area (Å²) >= 11 is 0. The largest absolute Gasteiger partial charge is 0.496 e. The first-order chi connectivity index (χ1) is 11.2. The molecular formula is C19H28N2O2. The van der Waals surface area contributed by atoms with Gasteiger partial charge in [-0.25, -0.2) is 0 Å². The first kappa shape index (κ1) is 16.3. The van der Waals surface area contributed by atoms with Crippen LogP contribution in [-0.2, 0) is 11.2 Å². The summed E-state index contributed by atoms with van der Waals surface area (Å²) < 4.78 is 5.45. The molecule has 1 aliphatic carbocycles. The summed E-state index contributed by atoms with van der Waals surface area (Å²) in [5.41, 5.74) is 7.33. The number of nitrogens with zero attached hydrogens (tertiary/aromatic N) is 1. The van der Waals surface area contributed by atoms with E-state index >= 15 is 0 Å². The highest BCUT2D eigenvalue weighted by molar-refractivity contribution is 5.77. The number of ether oxygens (including phenoxy) is 1. The molecule has 1 aliphatic heterocycles. The molecule has 0 spiro atoms. The van der Waals surface area contributed by atoms with E-state index in [2.05, 4.69) is 11.0 Å². The zero-order valence-corrected chi connectivity index (χ0v) is 14.0. The molecule has 1 saturated heterocycles. The minimum absolute atomic E-state index is 0.217. The molecule has 3 rings (SSSR count). The lowest BCUT2D eigenvalue weighted by molar-refractivity contribution is -0.133. The molecule has 4 nitrogen and oxygen atoms in total. The number of hydrogen-bond donors (Lipinski definition) is 1. The van der Waals surface area contributed by atoms with Crippen molar-refractivity contribution in [3.63, 3.8) is 0 Å². The average Bonchev–Trinajstić information content (AvgIpc) is 3.17.